The minimum Gasteiger partial charge on any atom is -0.381 e. The first-order chi connectivity index (χ1) is 11.3. The zero-order valence-corrected chi connectivity index (χ0v) is 13.4. The van der Waals surface area contributed by atoms with Gasteiger partial charge in [0.25, 0.3) is 0 Å². The monoisotopic (exact) mass is 310 g/mol. The quantitative estimate of drug-likeness (QED) is 0.935. The smallest absolute Gasteiger partial charge is 0.227 e. The first kappa shape index (κ1) is 15.7. The van der Waals surface area contributed by atoms with Gasteiger partial charge in [-0.15, -0.1) is 0 Å². The highest BCUT2D eigenvalue weighted by Crippen LogP contribution is 2.28. The molecule has 4 heteroatoms. The highest BCUT2D eigenvalue weighted by molar-refractivity contribution is 5.95. The van der Waals surface area contributed by atoms with Gasteiger partial charge in [-0.25, -0.2) is 0 Å². The number of amides is 1. The molecule has 0 aliphatic carbocycles. The van der Waals surface area contributed by atoms with Crippen LogP contribution in [0.3, 0.4) is 0 Å². The normalized spacial score (nSPS) is 16.7. The number of carbonyl (C=O) groups excluding carboxylic acids is 1. The van der Waals surface area contributed by atoms with Crippen molar-refractivity contribution in [2.75, 3.05) is 18.5 Å². The van der Waals surface area contributed by atoms with Crippen LogP contribution in [0.1, 0.15) is 19.8 Å². The maximum absolute atomic E-state index is 12.6. The molecule has 2 aromatic rings. The van der Waals surface area contributed by atoms with Gasteiger partial charge < -0.3 is 10.1 Å². The minimum atomic E-state index is -0.0253. The van der Waals surface area contributed by atoms with E-state index in [0.29, 0.717) is 5.92 Å². The van der Waals surface area contributed by atoms with Crippen LogP contribution in [0.25, 0.3) is 11.3 Å². The fourth-order valence-electron chi connectivity index (χ4n) is 3.01. The van der Waals surface area contributed by atoms with Gasteiger partial charge in [0.1, 0.15) is 0 Å². The molecule has 0 radical (unpaired) electrons. The summed E-state index contributed by atoms with van der Waals surface area (Å²) in [6.07, 6.45) is 3.65. The first-order valence-corrected chi connectivity index (χ1v) is 8.15. The average molecular weight is 310 g/mol. The van der Waals surface area contributed by atoms with E-state index in [0.717, 1.165) is 43.0 Å². The van der Waals surface area contributed by atoms with Crippen LogP contribution in [0, 0.1) is 11.8 Å². The Morgan fingerprint density at radius 2 is 1.91 bits per heavy atom. The SMILES string of the molecule is CC(C(=O)Nc1cccnc1-c1ccccc1)C1CCOCC1. The number of anilines is 1. The van der Waals surface area contributed by atoms with Crippen LogP contribution in [0.5, 0.6) is 0 Å². The Morgan fingerprint density at radius 1 is 1.17 bits per heavy atom. The molecule has 1 atom stereocenters. The fraction of sp³-hybridized carbons (Fsp3) is 0.368. The first-order valence-electron chi connectivity index (χ1n) is 8.15. The molecule has 4 nitrogen and oxygen atoms in total. The Labute approximate surface area is 136 Å². The lowest BCUT2D eigenvalue weighted by molar-refractivity contribution is -0.122. The molecule has 1 saturated heterocycles. The van der Waals surface area contributed by atoms with Crippen molar-refractivity contribution in [3.05, 3.63) is 48.7 Å². The summed E-state index contributed by atoms with van der Waals surface area (Å²) in [6, 6.07) is 13.7. The van der Waals surface area contributed by atoms with Crippen molar-refractivity contribution in [2.45, 2.75) is 19.8 Å². The third kappa shape index (κ3) is 3.77. The summed E-state index contributed by atoms with van der Waals surface area (Å²) < 4.78 is 5.38. The van der Waals surface area contributed by atoms with Crippen molar-refractivity contribution < 1.29 is 9.53 Å². The number of rotatable bonds is 4. The lowest BCUT2D eigenvalue weighted by atomic mass is 9.86. The van der Waals surface area contributed by atoms with Crippen LogP contribution >= 0.6 is 0 Å². The summed E-state index contributed by atoms with van der Waals surface area (Å²) >= 11 is 0. The maximum Gasteiger partial charge on any atom is 0.227 e. The summed E-state index contributed by atoms with van der Waals surface area (Å²) in [7, 11) is 0. The lowest BCUT2D eigenvalue weighted by Crippen LogP contribution is -2.31. The van der Waals surface area contributed by atoms with Crippen molar-refractivity contribution in [1.29, 1.82) is 0 Å². The molecule has 120 valence electrons. The van der Waals surface area contributed by atoms with Crippen molar-refractivity contribution in [1.82, 2.24) is 4.98 Å². The van der Waals surface area contributed by atoms with E-state index >= 15 is 0 Å². The Morgan fingerprint density at radius 3 is 2.65 bits per heavy atom. The van der Waals surface area contributed by atoms with Crippen LogP contribution in [0.2, 0.25) is 0 Å². The summed E-state index contributed by atoms with van der Waals surface area (Å²) in [5.74, 6) is 0.422. The van der Waals surface area contributed by atoms with Crippen LogP contribution in [0.4, 0.5) is 5.69 Å². The molecule has 1 aromatic carbocycles. The summed E-state index contributed by atoms with van der Waals surface area (Å²) in [5, 5.41) is 3.06. The zero-order valence-electron chi connectivity index (χ0n) is 13.4. The van der Waals surface area contributed by atoms with E-state index in [1.165, 1.54) is 0 Å². The molecule has 1 aliphatic rings. The number of ether oxygens (including phenoxy) is 1. The molecule has 1 amide bonds. The van der Waals surface area contributed by atoms with E-state index in [1.807, 2.05) is 49.4 Å². The molecular formula is C19H22N2O2. The highest BCUT2D eigenvalue weighted by Gasteiger charge is 2.26. The van der Waals surface area contributed by atoms with E-state index < -0.39 is 0 Å². The molecule has 1 N–H and O–H groups in total. The van der Waals surface area contributed by atoms with Crippen LogP contribution in [-0.4, -0.2) is 24.1 Å². The second-order valence-corrected chi connectivity index (χ2v) is 5.99. The van der Waals surface area contributed by atoms with Gasteiger partial charge in [0, 0.05) is 30.9 Å². The number of benzene rings is 1. The molecule has 1 aliphatic heterocycles. The van der Waals surface area contributed by atoms with Crippen molar-refractivity contribution in [2.24, 2.45) is 11.8 Å². The Balaban J connectivity index is 1.76. The molecule has 1 aromatic heterocycles. The zero-order chi connectivity index (χ0) is 16.1. The Bertz CT molecular complexity index is 651. The average Bonchev–Trinajstić information content (AvgIpc) is 2.63. The van der Waals surface area contributed by atoms with Gasteiger partial charge in [0.05, 0.1) is 11.4 Å². The molecule has 2 heterocycles. The molecule has 23 heavy (non-hydrogen) atoms. The van der Waals surface area contributed by atoms with Gasteiger partial charge in [-0.05, 0) is 30.9 Å². The summed E-state index contributed by atoms with van der Waals surface area (Å²) in [4.78, 5) is 17.1. The number of aromatic nitrogens is 1. The molecular weight excluding hydrogens is 288 g/mol. The van der Waals surface area contributed by atoms with E-state index in [4.69, 9.17) is 4.74 Å². The van der Waals surface area contributed by atoms with E-state index in [-0.39, 0.29) is 11.8 Å². The third-order valence-electron chi connectivity index (χ3n) is 4.50. The largest absolute Gasteiger partial charge is 0.381 e. The van der Waals surface area contributed by atoms with Crippen molar-refractivity contribution in [3.8, 4) is 11.3 Å². The molecule has 1 unspecified atom stereocenters. The van der Waals surface area contributed by atoms with Gasteiger partial charge in [0.15, 0.2) is 0 Å². The number of nitrogens with one attached hydrogen (secondary N) is 1. The van der Waals surface area contributed by atoms with Crippen molar-refractivity contribution in [3.63, 3.8) is 0 Å². The van der Waals surface area contributed by atoms with E-state index in [2.05, 4.69) is 10.3 Å². The predicted molar refractivity (Wildman–Crippen MR) is 91.0 cm³/mol. The van der Waals surface area contributed by atoms with E-state index in [9.17, 15) is 4.79 Å². The number of pyridine rings is 1. The molecule has 1 fully saturated rings. The Hall–Kier alpha value is -2.20. The number of hydrogen-bond acceptors (Lipinski definition) is 3. The molecule has 0 bridgehead atoms. The topological polar surface area (TPSA) is 51.2 Å². The van der Waals surface area contributed by atoms with Gasteiger partial charge in [-0.3, -0.25) is 9.78 Å². The van der Waals surface area contributed by atoms with Gasteiger partial charge in [-0.2, -0.15) is 0 Å². The number of hydrogen-bond donors (Lipinski definition) is 1. The van der Waals surface area contributed by atoms with Gasteiger partial charge >= 0.3 is 0 Å². The number of carbonyl (C=O) groups is 1. The van der Waals surface area contributed by atoms with Crippen LogP contribution < -0.4 is 5.32 Å². The summed E-state index contributed by atoms with van der Waals surface area (Å²) in [5.41, 5.74) is 2.57. The standard InChI is InChI=1S/C19H22N2O2/c1-14(15-9-12-23-13-10-15)19(22)21-17-8-5-11-20-18(17)16-6-3-2-4-7-16/h2-8,11,14-15H,9-10,12-13H2,1H3,(H,21,22). The fourth-order valence-corrected chi connectivity index (χ4v) is 3.01. The van der Waals surface area contributed by atoms with Crippen LogP contribution in [0.15, 0.2) is 48.7 Å². The second kappa shape index (κ2) is 7.38. The molecule has 3 rings (SSSR count). The third-order valence-corrected chi connectivity index (χ3v) is 4.50. The molecule has 0 spiro atoms. The van der Waals surface area contributed by atoms with E-state index in [1.54, 1.807) is 6.20 Å². The Kier molecular flexibility index (Phi) is 5.03. The van der Waals surface area contributed by atoms with Gasteiger partial charge in [0.2, 0.25) is 5.91 Å². The number of nitrogens with zero attached hydrogens (tertiary/aromatic N) is 1. The second-order valence-electron chi connectivity index (χ2n) is 5.99. The molecule has 0 saturated carbocycles. The lowest BCUT2D eigenvalue weighted by Gasteiger charge is -2.27. The van der Waals surface area contributed by atoms with Gasteiger partial charge in [-0.1, -0.05) is 37.3 Å². The predicted octanol–water partition coefficient (Wildman–Crippen LogP) is 3.75. The maximum atomic E-state index is 12.6. The van der Waals surface area contributed by atoms with Crippen molar-refractivity contribution >= 4 is 11.6 Å². The summed E-state index contributed by atoms with van der Waals surface area (Å²) in [6.45, 7) is 3.51. The highest BCUT2D eigenvalue weighted by atomic mass is 16.5. The van der Waals surface area contributed by atoms with Crippen LogP contribution in [-0.2, 0) is 9.53 Å². The minimum absolute atomic E-state index is 0.0253.